The average molecular weight is 352 g/mol. The number of unbranched alkanes of at least 4 members (excludes halogenated alkanes) is 1. The van der Waals surface area contributed by atoms with E-state index in [1.54, 1.807) is 19.2 Å². The number of H-pyrrole nitrogens is 1. The Morgan fingerprint density at radius 1 is 1.23 bits per heavy atom. The van der Waals surface area contributed by atoms with Gasteiger partial charge >= 0.3 is 0 Å². The molecule has 3 rings (SSSR count). The predicted octanol–water partition coefficient (Wildman–Crippen LogP) is 2.87. The molecule has 0 aliphatic carbocycles. The first-order valence-corrected chi connectivity index (χ1v) is 8.39. The highest BCUT2D eigenvalue weighted by Gasteiger charge is 2.14. The molecule has 0 fully saturated rings. The van der Waals surface area contributed by atoms with Crippen LogP contribution in [0.15, 0.2) is 36.4 Å². The number of pyridine rings is 1. The lowest BCUT2D eigenvalue weighted by Gasteiger charge is -2.09. The zero-order valence-corrected chi connectivity index (χ0v) is 14.7. The number of aromatic nitrogens is 5. The molecule has 134 valence electrons. The van der Waals surface area contributed by atoms with Gasteiger partial charge in [-0.25, -0.2) is 4.98 Å². The van der Waals surface area contributed by atoms with E-state index in [0.717, 1.165) is 24.8 Å². The van der Waals surface area contributed by atoms with Crippen LogP contribution in [0.1, 0.15) is 35.8 Å². The van der Waals surface area contributed by atoms with E-state index in [4.69, 9.17) is 4.74 Å². The molecule has 0 saturated heterocycles. The monoisotopic (exact) mass is 352 g/mol. The second kappa shape index (κ2) is 8.19. The van der Waals surface area contributed by atoms with E-state index >= 15 is 0 Å². The lowest BCUT2D eigenvalue weighted by molar-refractivity contribution is 0.102. The normalized spacial score (nSPS) is 10.5. The molecular formula is C18H20N6O2. The Labute approximate surface area is 151 Å². The Kier molecular flexibility index (Phi) is 5.52. The number of tetrazole rings is 1. The number of hydrogen-bond donors (Lipinski definition) is 2. The van der Waals surface area contributed by atoms with Crippen LogP contribution in [-0.2, 0) is 6.42 Å². The van der Waals surface area contributed by atoms with Crippen LogP contribution in [0.3, 0.4) is 0 Å². The van der Waals surface area contributed by atoms with Crippen molar-refractivity contribution in [1.82, 2.24) is 25.6 Å². The third kappa shape index (κ3) is 4.21. The molecular weight excluding hydrogens is 332 g/mol. The van der Waals surface area contributed by atoms with Gasteiger partial charge in [-0.2, -0.15) is 5.21 Å². The van der Waals surface area contributed by atoms with Gasteiger partial charge in [-0.15, -0.1) is 5.10 Å². The van der Waals surface area contributed by atoms with Gasteiger partial charge in [0, 0.05) is 17.7 Å². The summed E-state index contributed by atoms with van der Waals surface area (Å²) in [4.78, 5) is 16.8. The average Bonchev–Trinajstić information content (AvgIpc) is 3.19. The van der Waals surface area contributed by atoms with E-state index in [2.05, 4.69) is 50.0 Å². The molecule has 8 nitrogen and oxygen atoms in total. The first-order chi connectivity index (χ1) is 12.7. The second-order valence-corrected chi connectivity index (χ2v) is 5.77. The molecule has 0 atom stereocenters. The van der Waals surface area contributed by atoms with Crippen LogP contribution in [0, 0.1) is 0 Å². The standard InChI is InChI=1S/C18H20N6O2/c1-3-4-5-12-6-8-13(9-7-12)15-10-14(26-2)11-16(19-15)17(25)20-18-21-23-24-22-18/h6-11H,3-5H2,1-2H3,(H2,20,21,22,23,24,25). The highest BCUT2D eigenvalue weighted by atomic mass is 16.5. The lowest BCUT2D eigenvalue weighted by atomic mass is 10.0. The Bertz CT molecular complexity index is 862. The molecule has 1 amide bonds. The lowest BCUT2D eigenvalue weighted by Crippen LogP contribution is -2.15. The first-order valence-electron chi connectivity index (χ1n) is 8.39. The smallest absolute Gasteiger partial charge is 0.276 e. The number of amides is 1. The number of carbonyl (C=O) groups excluding carboxylic acids is 1. The summed E-state index contributed by atoms with van der Waals surface area (Å²) in [7, 11) is 1.55. The molecule has 2 N–H and O–H groups in total. The molecule has 0 saturated carbocycles. The maximum absolute atomic E-state index is 12.4. The van der Waals surface area contributed by atoms with E-state index < -0.39 is 5.91 Å². The number of aryl methyl sites for hydroxylation is 1. The number of nitrogens with zero attached hydrogens (tertiary/aromatic N) is 4. The maximum atomic E-state index is 12.4. The highest BCUT2D eigenvalue weighted by molar-refractivity contribution is 6.02. The Morgan fingerprint density at radius 3 is 2.69 bits per heavy atom. The van der Waals surface area contributed by atoms with Gasteiger partial charge in [0.15, 0.2) is 0 Å². The summed E-state index contributed by atoms with van der Waals surface area (Å²) in [6, 6.07) is 11.6. The first kappa shape index (κ1) is 17.5. The molecule has 0 aliphatic heterocycles. The quantitative estimate of drug-likeness (QED) is 0.677. The molecule has 2 aromatic heterocycles. The summed E-state index contributed by atoms with van der Waals surface area (Å²) in [5, 5.41) is 15.6. The number of nitrogens with one attached hydrogen (secondary N) is 2. The van der Waals surface area contributed by atoms with E-state index in [1.165, 1.54) is 5.56 Å². The molecule has 8 heteroatoms. The molecule has 1 aromatic carbocycles. The topological polar surface area (TPSA) is 106 Å². The number of rotatable bonds is 7. The van der Waals surface area contributed by atoms with E-state index in [9.17, 15) is 4.79 Å². The molecule has 0 radical (unpaired) electrons. The Balaban J connectivity index is 1.86. The molecule has 0 aliphatic rings. The zero-order chi connectivity index (χ0) is 18.4. The summed E-state index contributed by atoms with van der Waals surface area (Å²) in [6.07, 6.45) is 3.38. The van der Waals surface area contributed by atoms with Gasteiger partial charge in [0.05, 0.1) is 12.8 Å². The van der Waals surface area contributed by atoms with Gasteiger partial charge in [-0.1, -0.05) is 42.7 Å². The molecule has 0 unspecified atom stereocenters. The van der Waals surface area contributed by atoms with Crippen molar-refractivity contribution in [2.45, 2.75) is 26.2 Å². The van der Waals surface area contributed by atoms with Crippen LogP contribution in [0.4, 0.5) is 5.95 Å². The van der Waals surface area contributed by atoms with Gasteiger partial charge in [-0.05, 0) is 23.6 Å². The summed E-state index contributed by atoms with van der Waals surface area (Å²) < 4.78 is 5.31. The third-order valence-electron chi connectivity index (χ3n) is 3.91. The molecule has 3 aromatic rings. The van der Waals surface area contributed by atoms with Gasteiger partial charge < -0.3 is 4.74 Å². The fraction of sp³-hybridized carbons (Fsp3) is 0.278. The Hall–Kier alpha value is -3.29. The van der Waals surface area contributed by atoms with Crippen LogP contribution in [0.25, 0.3) is 11.3 Å². The SMILES string of the molecule is CCCCc1ccc(-c2cc(OC)cc(C(=O)Nc3nn[nH]n3)n2)cc1. The summed E-state index contributed by atoms with van der Waals surface area (Å²) in [5.41, 5.74) is 3.06. The van der Waals surface area contributed by atoms with Crippen molar-refractivity contribution in [3.63, 3.8) is 0 Å². The van der Waals surface area contributed by atoms with Crippen LogP contribution < -0.4 is 10.1 Å². The molecule has 2 heterocycles. The summed E-state index contributed by atoms with van der Waals surface area (Å²) >= 11 is 0. The van der Waals surface area contributed by atoms with Gasteiger partial charge in [0.2, 0.25) is 0 Å². The third-order valence-corrected chi connectivity index (χ3v) is 3.91. The molecule has 0 bridgehead atoms. The molecule has 0 spiro atoms. The van der Waals surface area contributed by atoms with E-state index in [-0.39, 0.29) is 11.6 Å². The number of methoxy groups -OCH3 is 1. The number of anilines is 1. The fourth-order valence-corrected chi connectivity index (χ4v) is 2.49. The zero-order valence-electron chi connectivity index (χ0n) is 14.7. The van der Waals surface area contributed by atoms with Crippen molar-refractivity contribution in [1.29, 1.82) is 0 Å². The van der Waals surface area contributed by atoms with Crippen LogP contribution in [0.5, 0.6) is 5.75 Å². The van der Waals surface area contributed by atoms with Crippen LogP contribution in [-0.4, -0.2) is 38.6 Å². The summed E-state index contributed by atoms with van der Waals surface area (Å²) in [6.45, 7) is 2.18. The van der Waals surface area contributed by atoms with Crippen molar-refractivity contribution in [2.75, 3.05) is 12.4 Å². The number of benzene rings is 1. The van der Waals surface area contributed by atoms with Crippen LogP contribution in [0.2, 0.25) is 0 Å². The highest BCUT2D eigenvalue weighted by Crippen LogP contribution is 2.24. The summed E-state index contributed by atoms with van der Waals surface area (Å²) in [5.74, 6) is 0.191. The van der Waals surface area contributed by atoms with Gasteiger partial charge in [0.25, 0.3) is 11.9 Å². The number of hydrogen-bond acceptors (Lipinski definition) is 6. The van der Waals surface area contributed by atoms with Crippen molar-refractivity contribution < 1.29 is 9.53 Å². The van der Waals surface area contributed by atoms with Gasteiger partial charge in [0.1, 0.15) is 11.4 Å². The minimum absolute atomic E-state index is 0.0847. The van der Waals surface area contributed by atoms with Crippen molar-refractivity contribution >= 4 is 11.9 Å². The minimum Gasteiger partial charge on any atom is -0.497 e. The van der Waals surface area contributed by atoms with Crippen molar-refractivity contribution in [3.8, 4) is 17.0 Å². The van der Waals surface area contributed by atoms with Gasteiger partial charge in [-0.3, -0.25) is 10.1 Å². The largest absolute Gasteiger partial charge is 0.497 e. The molecule has 26 heavy (non-hydrogen) atoms. The minimum atomic E-state index is -0.439. The maximum Gasteiger partial charge on any atom is 0.276 e. The van der Waals surface area contributed by atoms with E-state index in [0.29, 0.717) is 11.4 Å². The predicted molar refractivity (Wildman–Crippen MR) is 97.0 cm³/mol. The van der Waals surface area contributed by atoms with E-state index in [1.807, 2.05) is 12.1 Å². The Morgan fingerprint density at radius 2 is 2.04 bits per heavy atom. The van der Waals surface area contributed by atoms with Crippen molar-refractivity contribution in [2.24, 2.45) is 0 Å². The number of carbonyl (C=O) groups is 1. The number of aromatic amines is 1. The second-order valence-electron chi connectivity index (χ2n) is 5.77. The van der Waals surface area contributed by atoms with Crippen molar-refractivity contribution in [3.05, 3.63) is 47.7 Å². The number of ether oxygens (including phenoxy) is 1. The van der Waals surface area contributed by atoms with Crippen LogP contribution >= 0.6 is 0 Å². The fourth-order valence-electron chi connectivity index (χ4n) is 2.49.